The second kappa shape index (κ2) is 5.70. The first-order chi connectivity index (χ1) is 9.64. The van der Waals surface area contributed by atoms with Gasteiger partial charge in [0.05, 0.1) is 6.61 Å². The average molecular weight is 311 g/mol. The number of aliphatic hydroxyl groups excluding tert-OH is 1. The molecule has 0 saturated heterocycles. The van der Waals surface area contributed by atoms with E-state index in [1.165, 1.54) is 10.4 Å². The van der Waals surface area contributed by atoms with Gasteiger partial charge in [0, 0.05) is 16.3 Å². The first-order valence-corrected chi connectivity index (χ1v) is 9.16. The molecule has 1 fully saturated rings. The molecule has 1 aromatic heterocycles. The molecule has 110 valence electrons. The van der Waals surface area contributed by atoms with Crippen molar-refractivity contribution in [3.8, 4) is 0 Å². The summed E-state index contributed by atoms with van der Waals surface area (Å²) in [4.78, 5) is 14.0. The molecule has 0 unspecified atom stereocenters. The summed E-state index contributed by atoms with van der Waals surface area (Å²) >= 11 is 3.50. The van der Waals surface area contributed by atoms with Crippen LogP contribution in [0.3, 0.4) is 0 Å². The quantitative estimate of drug-likeness (QED) is 0.902. The molecule has 3 atom stereocenters. The Morgan fingerprint density at radius 2 is 2.45 bits per heavy atom. The largest absolute Gasteiger partial charge is 0.396 e. The van der Waals surface area contributed by atoms with Crippen LogP contribution >= 0.6 is 23.1 Å². The van der Waals surface area contributed by atoms with Crippen LogP contribution in [0.4, 0.5) is 0 Å². The third-order valence-electron chi connectivity index (χ3n) is 4.67. The molecule has 0 aromatic carbocycles. The Kier molecular flexibility index (Phi) is 4.11. The van der Waals surface area contributed by atoms with Crippen LogP contribution in [0, 0.1) is 5.41 Å². The minimum Gasteiger partial charge on any atom is -0.396 e. The molecule has 0 spiro atoms. The van der Waals surface area contributed by atoms with Crippen LogP contribution in [-0.2, 0) is 11.2 Å². The highest BCUT2D eigenvalue weighted by molar-refractivity contribution is 8.00. The van der Waals surface area contributed by atoms with Crippen molar-refractivity contribution in [3.05, 3.63) is 21.9 Å². The lowest BCUT2D eigenvalue weighted by Gasteiger charge is -2.32. The SMILES string of the molecule is C[C@]1(CO)CCC[C@H]1NC(=O)[C@H]1SCCc2sccc21. The van der Waals surface area contributed by atoms with Gasteiger partial charge < -0.3 is 10.4 Å². The molecule has 1 aromatic rings. The van der Waals surface area contributed by atoms with Gasteiger partial charge in [-0.1, -0.05) is 13.3 Å². The van der Waals surface area contributed by atoms with Crippen LogP contribution in [0.15, 0.2) is 11.4 Å². The van der Waals surface area contributed by atoms with Crippen molar-refractivity contribution < 1.29 is 9.90 Å². The van der Waals surface area contributed by atoms with Crippen molar-refractivity contribution >= 4 is 29.0 Å². The second-order valence-corrected chi connectivity index (χ2v) is 8.28. The fraction of sp³-hybridized carbons (Fsp3) is 0.667. The lowest BCUT2D eigenvalue weighted by atomic mass is 9.85. The number of hydrogen-bond donors (Lipinski definition) is 2. The van der Waals surface area contributed by atoms with Crippen LogP contribution in [0.1, 0.15) is 41.9 Å². The molecule has 20 heavy (non-hydrogen) atoms. The maximum atomic E-state index is 12.6. The summed E-state index contributed by atoms with van der Waals surface area (Å²) in [5.41, 5.74) is 1.05. The number of aryl methyl sites for hydroxylation is 1. The van der Waals surface area contributed by atoms with Gasteiger partial charge in [0.25, 0.3) is 0 Å². The number of rotatable bonds is 3. The molecule has 1 aliphatic carbocycles. The number of carbonyl (C=O) groups is 1. The number of hydrogen-bond acceptors (Lipinski definition) is 4. The Morgan fingerprint density at radius 3 is 3.25 bits per heavy atom. The van der Waals surface area contributed by atoms with Gasteiger partial charge in [-0.05, 0) is 42.0 Å². The lowest BCUT2D eigenvalue weighted by molar-refractivity contribution is -0.122. The molecule has 5 heteroatoms. The summed E-state index contributed by atoms with van der Waals surface area (Å²) in [5, 5.41) is 14.8. The zero-order valence-electron chi connectivity index (χ0n) is 11.7. The van der Waals surface area contributed by atoms with E-state index < -0.39 is 0 Å². The maximum absolute atomic E-state index is 12.6. The van der Waals surface area contributed by atoms with E-state index in [0.29, 0.717) is 0 Å². The molecule has 1 aliphatic heterocycles. The smallest absolute Gasteiger partial charge is 0.237 e. The number of nitrogens with one attached hydrogen (secondary N) is 1. The average Bonchev–Trinajstić information content (AvgIpc) is 3.06. The molecule has 0 bridgehead atoms. The van der Waals surface area contributed by atoms with Gasteiger partial charge >= 0.3 is 0 Å². The van der Waals surface area contributed by atoms with Gasteiger partial charge in [-0.15, -0.1) is 23.1 Å². The molecule has 3 rings (SSSR count). The zero-order valence-corrected chi connectivity index (χ0v) is 13.4. The summed E-state index contributed by atoms with van der Waals surface area (Å²) in [6.45, 7) is 2.23. The molecular formula is C15H21NO2S2. The molecule has 3 nitrogen and oxygen atoms in total. The van der Waals surface area contributed by atoms with E-state index in [2.05, 4.69) is 23.7 Å². The highest BCUT2D eigenvalue weighted by Crippen LogP contribution is 2.41. The van der Waals surface area contributed by atoms with Gasteiger partial charge in [0.1, 0.15) is 5.25 Å². The number of thioether (sulfide) groups is 1. The van der Waals surface area contributed by atoms with Crippen LogP contribution < -0.4 is 5.32 Å². The van der Waals surface area contributed by atoms with E-state index >= 15 is 0 Å². The summed E-state index contributed by atoms with van der Waals surface area (Å²) in [7, 11) is 0. The molecule has 2 heterocycles. The van der Waals surface area contributed by atoms with E-state index in [9.17, 15) is 9.90 Å². The highest BCUT2D eigenvalue weighted by atomic mass is 32.2. The van der Waals surface area contributed by atoms with Crippen LogP contribution in [0.5, 0.6) is 0 Å². The van der Waals surface area contributed by atoms with E-state index in [4.69, 9.17) is 0 Å². The number of fused-ring (bicyclic) bond motifs is 1. The van der Waals surface area contributed by atoms with Crippen LogP contribution in [0.2, 0.25) is 0 Å². The third-order valence-corrected chi connectivity index (χ3v) is 6.91. The number of thiophene rings is 1. The van der Waals surface area contributed by atoms with Crippen molar-refractivity contribution in [2.45, 2.75) is 43.9 Å². The van der Waals surface area contributed by atoms with Crippen molar-refractivity contribution in [3.63, 3.8) is 0 Å². The predicted molar refractivity (Wildman–Crippen MR) is 84.2 cm³/mol. The van der Waals surface area contributed by atoms with E-state index in [1.807, 2.05) is 0 Å². The van der Waals surface area contributed by atoms with E-state index in [-0.39, 0.29) is 29.2 Å². The molecular weight excluding hydrogens is 290 g/mol. The zero-order chi connectivity index (χ0) is 14.2. The topological polar surface area (TPSA) is 49.3 Å². The molecule has 0 radical (unpaired) electrons. The second-order valence-electron chi connectivity index (χ2n) is 6.07. The van der Waals surface area contributed by atoms with Crippen molar-refractivity contribution in [2.24, 2.45) is 5.41 Å². The van der Waals surface area contributed by atoms with Gasteiger partial charge in [-0.2, -0.15) is 0 Å². The van der Waals surface area contributed by atoms with Gasteiger partial charge in [-0.3, -0.25) is 4.79 Å². The predicted octanol–water partition coefficient (Wildman–Crippen LogP) is 2.75. The molecule has 1 amide bonds. The van der Waals surface area contributed by atoms with Gasteiger partial charge in [0.2, 0.25) is 5.91 Å². The lowest BCUT2D eigenvalue weighted by Crippen LogP contribution is -2.46. The van der Waals surface area contributed by atoms with E-state index in [0.717, 1.165) is 31.4 Å². The Hall–Kier alpha value is -0.520. The minimum atomic E-state index is -0.146. The maximum Gasteiger partial charge on any atom is 0.237 e. The Balaban J connectivity index is 1.72. The summed E-state index contributed by atoms with van der Waals surface area (Å²) in [5.74, 6) is 1.15. The van der Waals surface area contributed by atoms with Crippen LogP contribution in [-0.4, -0.2) is 29.4 Å². The van der Waals surface area contributed by atoms with Crippen molar-refractivity contribution in [1.29, 1.82) is 0 Å². The third kappa shape index (κ3) is 2.51. The summed E-state index contributed by atoms with van der Waals surface area (Å²) in [6, 6.07) is 2.21. The Morgan fingerprint density at radius 1 is 1.60 bits per heavy atom. The fourth-order valence-corrected chi connectivity index (χ4v) is 5.58. The number of carbonyl (C=O) groups excluding carboxylic acids is 1. The minimum absolute atomic E-state index is 0.0615. The fourth-order valence-electron chi connectivity index (χ4n) is 3.28. The Bertz CT molecular complexity index is 502. The van der Waals surface area contributed by atoms with Crippen molar-refractivity contribution in [2.75, 3.05) is 12.4 Å². The van der Waals surface area contributed by atoms with Crippen LogP contribution in [0.25, 0.3) is 0 Å². The monoisotopic (exact) mass is 311 g/mol. The first kappa shape index (κ1) is 14.4. The molecule has 2 N–H and O–H groups in total. The normalized spacial score (nSPS) is 32.9. The van der Waals surface area contributed by atoms with Crippen molar-refractivity contribution in [1.82, 2.24) is 5.32 Å². The number of amides is 1. The molecule has 1 saturated carbocycles. The summed E-state index contributed by atoms with van der Waals surface area (Å²) in [6.07, 6.45) is 4.15. The van der Waals surface area contributed by atoms with Gasteiger partial charge in [0.15, 0.2) is 0 Å². The molecule has 2 aliphatic rings. The highest BCUT2D eigenvalue weighted by Gasteiger charge is 2.40. The van der Waals surface area contributed by atoms with Gasteiger partial charge in [-0.25, -0.2) is 0 Å². The standard InChI is InChI=1S/C15H21NO2S2/c1-15(9-17)6-2-3-12(15)16-14(18)13-10-4-7-19-11(10)5-8-20-13/h4,7,12-13,17H,2-3,5-6,8-9H2,1H3,(H,16,18)/t12-,13+,15-/m1/s1. The summed E-state index contributed by atoms with van der Waals surface area (Å²) < 4.78 is 0. The number of aliphatic hydroxyl groups is 1. The van der Waals surface area contributed by atoms with E-state index in [1.54, 1.807) is 23.1 Å². The Labute approximate surface area is 128 Å². The first-order valence-electron chi connectivity index (χ1n) is 7.23.